The number of rotatable bonds is 5. The summed E-state index contributed by atoms with van der Waals surface area (Å²) in [6.45, 7) is 3.82. The van der Waals surface area contributed by atoms with Gasteiger partial charge >= 0.3 is 0 Å². The molecule has 2 heterocycles. The molecule has 2 saturated heterocycles. The van der Waals surface area contributed by atoms with E-state index in [4.69, 9.17) is 19.7 Å². The molecule has 2 rings (SSSR count). The maximum absolute atomic E-state index is 10.2. The van der Waals surface area contributed by atoms with Gasteiger partial charge in [-0.3, -0.25) is 0 Å². The van der Waals surface area contributed by atoms with Crippen LogP contribution >= 0.6 is 0 Å². The fraction of sp³-hybridized carbons (Fsp3) is 1.00. The molecule has 7 atom stereocenters. The molecule has 0 bridgehead atoms. The molecule has 0 aromatic carbocycles. The lowest BCUT2D eigenvalue weighted by Gasteiger charge is -2.44. The Morgan fingerprint density at radius 2 is 1.76 bits per heavy atom. The standard InChI is InChI=1S/C15H28O6/c1-9-7-15(20-12(4-6-17)13(9)19)8-10(2)14(21-15)11(18)3-5-16/h9-14,16-19H,3-8H2,1-2H3/t9-,10-,11-,12-,13-,14-,15+/m0/s1. The zero-order chi connectivity index (χ0) is 15.6. The van der Waals surface area contributed by atoms with Crippen molar-refractivity contribution in [1.82, 2.24) is 0 Å². The number of ether oxygens (including phenoxy) is 2. The first-order valence-corrected chi connectivity index (χ1v) is 7.86. The van der Waals surface area contributed by atoms with Crippen LogP contribution in [-0.4, -0.2) is 63.8 Å². The van der Waals surface area contributed by atoms with Gasteiger partial charge in [-0.2, -0.15) is 0 Å². The van der Waals surface area contributed by atoms with E-state index in [1.165, 1.54) is 0 Å². The third-order valence-electron chi connectivity index (χ3n) is 4.73. The lowest BCUT2D eigenvalue weighted by atomic mass is 9.84. The first-order chi connectivity index (χ1) is 9.92. The third-order valence-corrected chi connectivity index (χ3v) is 4.73. The van der Waals surface area contributed by atoms with Crippen LogP contribution < -0.4 is 0 Å². The summed E-state index contributed by atoms with van der Waals surface area (Å²) in [7, 11) is 0. The van der Waals surface area contributed by atoms with E-state index in [0.29, 0.717) is 19.3 Å². The third kappa shape index (κ3) is 3.57. The second kappa shape index (κ2) is 6.89. The number of hydrogen-bond acceptors (Lipinski definition) is 6. The highest BCUT2D eigenvalue weighted by atomic mass is 16.7. The Balaban J connectivity index is 2.08. The Kier molecular flexibility index (Phi) is 5.62. The highest BCUT2D eigenvalue weighted by Gasteiger charge is 2.53. The minimum Gasteiger partial charge on any atom is -0.396 e. The van der Waals surface area contributed by atoms with Crippen LogP contribution in [0.4, 0.5) is 0 Å². The summed E-state index contributed by atoms with van der Waals surface area (Å²) in [6, 6.07) is 0. The highest BCUT2D eigenvalue weighted by molar-refractivity contribution is 4.96. The van der Waals surface area contributed by atoms with Crippen LogP contribution in [0.2, 0.25) is 0 Å². The predicted octanol–water partition coefficient (Wildman–Crippen LogP) is 0.0193. The summed E-state index contributed by atoms with van der Waals surface area (Å²) in [5.41, 5.74) is 0. The zero-order valence-corrected chi connectivity index (χ0v) is 12.8. The van der Waals surface area contributed by atoms with Gasteiger partial charge in [0.05, 0.1) is 24.4 Å². The Bertz CT molecular complexity index is 338. The Hall–Kier alpha value is -0.240. The van der Waals surface area contributed by atoms with Crippen LogP contribution in [0.1, 0.15) is 39.5 Å². The molecule has 0 aromatic rings. The molecule has 1 spiro atoms. The smallest absolute Gasteiger partial charge is 0.170 e. The first-order valence-electron chi connectivity index (χ1n) is 7.86. The lowest BCUT2D eigenvalue weighted by molar-refractivity contribution is -0.309. The van der Waals surface area contributed by atoms with E-state index < -0.39 is 24.1 Å². The molecule has 2 aliphatic rings. The summed E-state index contributed by atoms with van der Waals surface area (Å²) in [5.74, 6) is -0.668. The first kappa shape index (κ1) is 17.1. The van der Waals surface area contributed by atoms with Crippen LogP contribution in [0.15, 0.2) is 0 Å². The van der Waals surface area contributed by atoms with Crippen molar-refractivity contribution in [2.45, 2.75) is 69.7 Å². The molecule has 6 nitrogen and oxygen atoms in total. The van der Waals surface area contributed by atoms with Gasteiger partial charge in [0.15, 0.2) is 5.79 Å². The van der Waals surface area contributed by atoms with Gasteiger partial charge in [-0.1, -0.05) is 13.8 Å². The summed E-state index contributed by atoms with van der Waals surface area (Å²) >= 11 is 0. The monoisotopic (exact) mass is 304 g/mol. The van der Waals surface area contributed by atoms with Crippen molar-refractivity contribution in [1.29, 1.82) is 0 Å². The average molecular weight is 304 g/mol. The van der Waals surface area contributed by atoms with Gasteiger partial charge in [-0.15, -0.1) is 0 Å². The number of hydrogen-bond donors (Lipinski definition) is 4. The topological polar surface area (TPSA) is 99.4 Å². The molecule has 0 aliphatic carbocycles. The van der Waals surface area contributed by atoms with E-state index in [2.05, 4.69) is 0 Å². The van der Waals surface area contributed by atoms with Crippen molar-refractivity contribution in [2.24, 2.45) is 11.8 Å². The molecule has 21 heavy (non-hydrogen) atoms. The lowest BCUT2D eigenvalue weighted by Crippen LogP contribution is -2.52. The molecule has 0 saturated carbocycles. The van der Waals surface area contributed by atoms with E-state index in [1.807, 2.05) is 13.8 Å². The molecule has 4 N–H and O–H groups in total. The van der Waals surface area contributed by atoms with Crippen LogP contribution in [0.25, 0.3) is 0 Å². The molecule has 0 aromatic heterocycles. The van der Waals surface area contributed by atoms with Gasteiger partial charge in [0.1, 0.15) is 0 Å². The minimum absolute atomic E-state index is 0.0104. The van der Waals surface area contributed by atoms with Gasteiger partial charge < -0.3 is 29.9 Å². The van der Waals surface area contributed by atoms with Crippen LogP contribution in [0.5, 0.6) is 0 Å². The normalized spacial score (nSPS) is 45.1. The Labute approximate surface area is 125 Å². The van der Waals surface area contributed by atoms with Crippen molar-refractivity contribution in [3.63, 3.8) is 0 Å². The average Bonchev–Trinajstić information content (AvgIpc) is 2.73. The zero-order valence-electron chi connectivity index (χ0n) is 12.8. The van der Waals surface area contributed by atoms with Crippen molar-refractivity contribution >= 4 is 0 Å². The molecular formula is C15H28O6. The van der Waals surface area contributed by atoms with E-state index in [1.54, 1.807) is 0 Å². The van der Waals surface area contributed by atoms with E-state index in [0.717, 1.165) is 0 Å². The quantitative estimate of drug-likeness (QED) is 0.571. The maximum Gasteiger partial charge on any atom is 0.170 e. The number of aliphatic hydroxyl groups is 4. The molecule has 6 heteroatoms. The Morgan fingerprint density at radius 3 is 2.38 bits per heavy atom. The van der Waals surface area contributed by atoms with Crippen molar-refractivity contribution in [2.75, 3.05) is 13.2 Å². The van der Waals surface area contributed by atoms with Gasteiger partial charge in [0, 0.05) is 26.1 Å². The van der Waals surface area contributed by atoms with E-state index in [9.17, 15) is 10.2 Å². The van der Waals surface area contributed by atoms with Gasteiger partial charge in [0.2, 0.25) is 0 Å². The molecule has 0 amide bonds. The minimum atomic E-state index is -0.793. The summed E-state index contributed by atoms with van der Waals surface area (Å²) < 4.78 is 12.0. The molecule has 2 fully saturated rings. The number of aliphatic hydroxyl groups excluding tert-OH is 4. The molecule has 0 unspecified atom stereocenters. The van der Waals surface area contributed by atoms with E-state index in [-0.39, 0.29) is 37.6 Å². The molecular weight excluding hydrogens is 276 g/mol. The highest BCUT2D eigenvalue weighted by Crippen LogP contribution is 2.46. The largest absolute Gasteiger partial charge is 0.396 e. The van der Waals surface area contributed by atoms with Gasteiger partial charge in [-0.05, 0) is 24.7 Å². The van der Waals surface area contributed by atoms with Crippen molar-refractivity contribution < 1.29 is 29.9 Å². The van der Waals surface area contributed by atoms with Crippen molar-refractivity contribution in [3.8, 4) is 0 Å². The van der Waals surface area contributed by atoms with Crippen LogP contribution in [0.3, 0.4) is 0 Å². The molecule has 124 valence electrons. The maximum atomic E-state index is 10.2. The summed E-state index contributed by atoms with van der Waals surface area (Å²) in [6.07, 6.45) is -0.260. The summed E-state index contributed by atoms with van der Waals surface area (Å²) in [4.78, 5) is 0. The van der Waals surface area contributed by atoms with E-state index >= 15 is 0 Å². The molecule has 0 radical (unpaired) electrons. The SMILES string of the molecule is C[C@H]1C[C@@]2(C[C@H](C)[C@@H]([C@@H](O)CCO)O2)O[C@@H](CCO)[C@H]1O. The molecule has 2 aliphatic heterocycles. The second-order valence-corrected chi connectivity index (χ2v) is 6.59. The fourth-order valence-electron chi connectivity index (χ4n) is 3.71. The predicted molar refractivity (Wildman–Crippen MR) is 75.5 cm³/mol. The Morgan fingerprint density at radius 1 is 1.10 bits per heavy atom. The van der Waals surface area contributed by atoms with Gasteiger partial charge in [0.25, 0.3) is 0 Å². The van der Waals surface area contributed by atoms with Crippen molar-refractivity contribution in [3.05, 3.63) is 0 Å². The van der Waals surface area contributed by atoms with Gasteiger partial charge in [-0.25, -0.2) is 0 Å². The second-order valence-electron chi connectivity index (χ2n) is 6.59. The fourth-order valence-corrected chi connectivity index (χ4v) is 3.71. The summed E-state index contributed by atoms with van der Waals surface area (Å²) in [5, 5.41) is 38.3. The van der Waals surface area contributed by atoms with Crippen LogP contribution in [0, 0.1) is 11.8 Å². The van der Waals surface area contributed by atoms with Crippen LogP contribution in [-0.2, 0) is 9.47 Å².